The van der Waals surface area contributed by atoms with Gasteiger partial charge in [-0.2, -0.15) is 0 Å². The van der Waals surface area contributed by atoms with Gasteiger partial charge < -0.3 is 5.32 Å². The zero-order valence-electron chi connectivity index (χ0n) is 9.15. The molecule has 1 atom stereocenters. The topological polar surface area (TPSA) is 12.0 Å². The van der Waals surface area contributed by atoms with E-state index in [2.05, 4.69) is 46.0 Å². The molecule has 0 heterocycles. The summed E-state index contributed by atoms with van der Waals surface area (Å²) in [4.78, 5) is 0. The van der Waals surface area contributed by atoms with Gasteiger partial charge in [0.2, 0.25) is 0 Å². The van der Waals surface area contributed by atoms with E-state index in [-0.39, 0.29) is 0 Å². The highest BCUT2D eigenvalue weighted by Crippen LogP contribution is 2.03. The lowest BCUT2D eigenvalue weighted by Gasteiger charge is -2.14. The number of hydrogen-bond acceptors (Lipinski definition) is 1. The smallest absolute Gasteiger partial charge is 0.0139 e. The van der Waals surface area contributed by atoms with Gasteiger partial charge >= 0.3 is 0 Å². The highest BCUT2D eigenvalue weighted by molar-refractivity contribution is 4.94. The Labute approximate surface area is 77.2 Å². The fourth-order valence-electron chi connectivity index (χ4n) is 1.25. The van der Waals surface area contributed by atoms with E-state index < -0.39 is 0 Å². The molecule has 1 N–H and O–H groups in total. The summed E-state index contributed by atoms with van der Waals surface area (Å²) in [7, 11) is 0. The van der Waals surface area contributed by atoms with Crippen molar-refractivity contribution in [1.82, 2.24) is 5.32 Å². The lowest BCUT2D eigenvalue weighted by atomic mass is 10.1. The third kappa shape index (κ3) is 7.80. The van der Waals surface area contributed by atoms with E-state index in [9.17, 15) is 0 Å². The van der Waals surface area contributed by atoms with E-state index in [0.717, 1.165) is 12.5 Å². The van der Waals surface area contributed by atoms with Crippen LogP contribution in [0.2, 0.25) is 0 Å². The van der Waals surface area contributed by atoms with E-state index in [1.54, 1.807) is 0 Å². The molecule has 0 aromatic heterocycles. The molecule has 72 valence electrons. The Balaban J connectivity index is 3.44. The summed E-state index contributed by atoms with van der Waals surface area (Å²) in [6, 6.07) is 0.639. The number of rotatable bonds is 5. The summed E-state index contributed by atoms with van der Waals surface area (Å²) in [5.41, 5.74) is 1.39. The van der Waals surface area contributed by atoms with Gasteiger partial charge in [0.15, 0.2) is 0 Å². The Bertz CT molecular complexity index is 132. The SMILES string of the molecule is CC(C)=CCNC(C)CC(C)C. The van der Waals surface area contributed by atoms with Crippen LogP contribution in [0, 0.1) is 5.92 Å². The van der Waals surface area contributed by atoms with Crippen molar-refractivity contribution >= 4 is 0 Å². The zero-order chi connectivity index (χ0) is 9.56. The molecule has 0 aliphatic carbocycles. The van der Waals surface area contributed by atoms with Crippen molar-refractivity contribution in [2.75, 3.05) is 6.54 Å². The Kier molecular flexibility index (Phi) is 6.09. The number of allylic oxidation sites excluding steroid dienone is 1. The molecule has 1 unspecified atom stereocenters. The van der Waals surface area contributed by atoms with Crippen molar-refractivity contribution in [2.45, 2.75) is 47.1 Å². The van der Waals surface area contributed by atoms with Gasteiger partial charge in [-0.3, -0.25) is 0 Å². The largest absolute Gasteiger partial charge is 0.311 e. The maximum Gasteiger partial charge on any atom is 0.0139 e. The van der Waals surface area contributed by atoms with Crippen LogP contribution in [-0.2, 0) is 0 Å². The minimum Gasteiger partial charge on any atom is -0.311 e. The normalized spacial score (nSPS) is 13.2. The van der Waals surface area contributed by atoms with E-state index in [1.165, 1.54) is 12.0 Å². The van der Waals surface area contributed by atoms with Crippen LogP contribution >= 0.6 is 0 Å². The summed E-state index contributed by atoms with van der Waals surface area (Å²) in [6.07, 6.45) is 3.49. The molecule has 12 heavy (non-hydrogen) atoms. The highest BCUT2D eigenvalue weighted by atomic mass is 14.9. The number of hydrogen-bond donors (Lipinski definition) is 1. The first-order valence-corrected chi connectivity index (χ1v) is 4.89. The molecule has 0 rings (SSSR count). The Hall–Kier alpha value is -0.300. The van der Waals surface area contributed by atoms with E-state index in [4.69, 9.17) is 0 Å². The lowest BCUT2D eigenvalue weighted by molar-refractivity contribution is 0.457. The maximum atomic E-state index is 3.47. The minimum atomic E-state index is 0.639. The Morgan fingerprint density at radius 2 is 1.83 bits per heavy atom. The van der Waals surface area contributed by atoms with Crippen LogP contribution in [0.3, 0.4) is 0 Å². The summed E-state index contributed by atoms with van der Waals surface area (Å²) in [5.74, 6) is 0.791. The first-order valence-electron chi connectivity index (χ1n) is 4.89. The van der Waals surface area contributed by atoms with Crippen LogP contribution in [0.15, 0.2) is 11.6 Å². The fourth-order valence-corrected chi connectivity index (χ4v) is 1.25. The highest BCUT2D eigenvalue weighted by Gasteiger charge is 2.01. The van der Waals surface area contributed by atoms with Gasteiger partial charge in [-0.25, -0.2) is 0 Å². The van der Waals surface area contributed by atoms with Crippen molar-refractivity contribution in [1.29, 1.82) is 0 Å². The second-order valence-electron chi connectivity index (χ2n) is 4.22. The van der Waals surface area contributed by atoms with Gasteiger partial charge in [0.25, 0.3) is 0 Å². The van der Waals surface area contributed by atoms with Crippen LogP contribution in [0.4, 0.5) is 0 Å². The van der Waals surface area contributed by atoms with Crippen molar-refractivity contribution < 1.29 is 0 Å². The summed E-state index contributed by atoms with van der Waals surface area (Å²) >= 11 is 0. The molecule has 0 aliphatic rings. The van der Waals surface area contributed by atoms with E-state index in [1.807, 2.05) is 0 Å². The van der Waals surface area contributed by atoms with Gasteiger partial charge in [0, 0.05) is 12.6 Å². The van der Waals surface area contributed by atoms with Crippen molar-refractivity contribution in [3.05, 3.63) is 11.6 Å². The average Bonchev–Trinajstić information content (AvgIpc) is 1.84. The molecule has 1 heteroatoms. The third-order valence-corrected chi connectivity index (χ3v) is 1.80. The van der Waals surface area contributed by atoms with Gasteiger partial charge in [-0.15, -0.1) is 0 Å². The quantitative estimate of drug-likeness (QED) is 0.624. The van der Waals surface area contributed by atoms with Crippen molar-refractivity contribution in [3.63, 3.8) is 0 Å². The second-order valence-corrected chi connectivity index (χ2v) is 4.22. The monoisotopic (exact) mass is 169 g/mol. The predicted octanol–water partition coefficient (Wildman–Crippen LogP) is 2.98. The van der Waals surface area contributed by atoms with Crippen LogP contribution < -0.4 is 5.32 Å². The first kappa shape index (κ1) is 11.7. The second kappa shape index (κ2) is 6.24. The Morgan fingerprint density at radius 3 is 2.25 bits per heavy atom. The standard InChI is InChI=1S/C11H23N/c1-9(2)6-7-12-11(5)8-10(3)4/h6,10-12H,7-8H2,1-5H3. The lowest BCUT2D eigenvalue weighted by Crippen LogP contribution is -2.27. The summed E-state index contributed by atoms with van der Waals surface area (Å²) < 4.78 is 0. The van der Waals surface area contributed by atoms with Gasteiger partial charge in [0.1, 0.15) is 0 Å². The van der Waals surface area contributed by atoms with Crippen LogP contribution in [0.5, 0.6) is 0 Å². The van der Waals surface area contributed by atoms with Crippen molar-refractivity contribution in [3.8, 4) is 0 Å². The molecule has 0 fully saturated rings. The van der Waals surface area contributed by atoms with Crippen LogP contribution in [0.25, 0.3) is 0 Å². The Morgan fingerprint density at radius 1 is 1.25 bits per heavy atom. The minimum absolute atomic E-state index is 0.639. The fraction of sp³-hybridized carbons (Fsp3) is 0.818. The van der Waals surface area contributed by atoms with E-state index >= 15 is 0 Å². The molecule has 0 saturated carbocycles. The predicted molar refractivity (Wildman–Crippen MR) is 56.4 cm³/mol. The third-order valence-electron chi connectivity index (χ3n) is 1.80. The maximum absolute atomic E-state index is 3.47. The molecule has 0 radical (unpaired) electrons. The van der Waals surface area contributed by atoms with E-state index in [0.29, 0.717) is 6.04 Å². The summed E-state index contributed by atoms with van der Waals surface area (Å²) in [6.45, 7) is 12.1. The van der Waals surface area contributed by atoms with Gasteiger partial charge in [-0.1, -0.05) is 25.5 Å². The molecule has 0 spiro atoms. The van der Waals surface area contributed by atoms with Crippen LogP contribution in [0.1, 0.15) is 41.0 Å². The van der Waals surface area contributed by atoms with Gasteiger partial charge in [0.05, 0.1) is 0 Å². The summed E-state index contributed by atoms with van der Waals surface area (Å²) in [5, 5.41) is 3.47. The molecule has 0 aromatic rings. The molecule has 0 bridgehead atoms. The average molecular weight is 169 g/mol. The van der Waals surface area contributed by atoms with Crippen molar-refractivity contribution in [2.24, 2.45) is 5.92 Å². The van der Waals surface area contributed by atoms with Crippen LogP contribution in [-0.4, -0.2) is 12.6 Å². The molecule has 0 saturated heterocycles. The molecular weight excluding hydrogens is 146 g/mol. The molecule has 0 aromatic carbocycles. The molecular formula is C11H23N. The zero-order valence-corrected chi connectivity index (χ0v) is 9.15. The number of nitrogens with one attached hydrogen (secondary N) is 1. The molecule has 1 nitrogen and oxygen atoms in total. The molecule has 0 aliphatic heterocycles. The molecule has 0 amide bonds. The van der Waals surface area contributed by atoms with Gasteiger partial charge in [-0.05, 0) is 33.1 Å². The first-order chi connectivity index (χ1) is 5.52.